The molecule has 2 rings (SSSR count). The summed E-state index contributed by atoms with van der Waals surface area (Å²) >= 11 is 0. The van der Waals surface area contributed by atoms with Crippen LogP contribution in [-0.4, -0.2) is 25.8 Å². The van der Waals surface area contributed by atoms with Crippen molar-refractivity contribution in [2.75, 3.05) is 7.05 Å². The molecule has 90 valence electrons. The Kier molecular flexibility index (Phi) is 3.18. The highest BCUT2D eigenvalue weighted by Crippen LogP contribution is 2.28. The summed E-state index contributed by atoms with van der Waals surface area (Å²) in [5, 5.41) is 8.65. The van der Waals surface area contributed by atoms with E-state index in [1.807, 2.05) is 6.07 Å². The van der Waals surface area contributed by atoms with Gasteiger partial charge in [-0.2, -0.15) is 5.26 Å². The van der Waals surface area contributed by atoms with E-state index in [9.17, 15) is 8.42 Å². The Bertz CT molecular complexity index is 539. The van der Waals surface area contributed by atoms with Crippen molar-refractivity contribution in [2.45, 2.75) is 24.6 Å². The van der Waals surface area contributed by atoms with Crippen molar-refractivity contribution in [3.63, 3.8) is 0 Å². The quantitative estimate of drug-likeness (QED) is 0.813. The second-order valence-electron chi connectivity index (χ2n) is 4.31. The van der Waals surface area contributed by atoms with Gasteiger partial charge < -0.3 is 0 Å². The van der Waals surface area contributed by atoms with Crippen LogP contribution in [0.25, 0.3) is 0 Å². The van der Waals surface area contributed by atoms with Crippen LogP contribution in [-0.2, 0) is 15.8 Å². The molecule has 0 aromatic heterocycles. The van der Waals surface area contributed by atoms with Crippen LogP contribution < -0.4 is 0 Å². The topological polar surface area (TPSA) is 61.2 Å². The normalized spacial score (nSPS) is 15.8. The predicted molar refractivity (Wildman–Crippen MR) is 64.6 cm³/mol. The average molecular weight is 250 g/mol. The maximum atomic E-state index is 12.0. The van der Waals surface area contributed by atoms with Gasteiger partial charge in [0.15, 0.2) is 0 Å². The Morgan fingerprint density at radius 3 is 2.41 bits per heavy atom. The molecule has 1 aliphatic rings. The highest BCUT2D eigenvalue weighted by molar-refractivity contribution is 7.88. The molecule has 1 fully saturated rings. The first-order valence-electron chi connectivity index (χ1n) is 5.48. The van der Waals surface area contributed by atoms with Gasteiger partial charge in [-0.3, -0.25) is 0 Å². The number of sulfonamides is 1. The van der Waals surface area contributed by atoms with Gasteiger partial charge in [0.25, 0.3) is 0 Å². The van der Waals surface area contributed by atoms with E-state index in [1.165, 1.54) is 4.31 Å². The van der Waals surface area contributed by atoms with Crippen molar-refractivity contribution < 1.29 is 8.42 Å². The summed E-state index contributed by atoms with van der Waals surface area (Å²) in [4.78, 5) is 0. The fraction of sp³-hybridized carbons (Fsp3) is 0.417. The van der Waals surface area contributed by atoms with Crippen molar-refractivity contribution in [1.29, 1.82) is 5.26 Å². The van der Waals surface area contributed by atoms with E-state index in [4.69, 9.17) is 5.26 Å². The van der Waals surface area contributed by atoms with Crippen LogP contribution in [0.4, 0.5) is 0 Å². The minimum Gasteiger partial charge on any atom is -0.212 e. The van der Waals surface area contributed by atoms with Gasteiger partial charge in [-0.1, -0.05) is 12.1 Å². The lowest BCUT2D eigenvalue weighted by Crippen LogP contribution is -2.30. The number of hydrogen-bond donors (Lipinski definition) is 0. The van der Waals surface area contributed by atoms with Crippen LogP contribution in [0.2, 0.25) is 0 Å². The molecular formula is C12H14N2O2S. The van der Waals surface area contributed by atoms with Gasteiger partial charge in [0.05, 0.1) is 17.4 Å². The van der Waals surface area contributed by atoms with Crippen LogP contribution in [0.3, 0.4) is 0 Å². The Balaban J connectivity index is 2.11. The number of rotatable bonds is 4. The Morgan fingerprint density at radius 1 is 1.35 bits per heavy atom. The fourth-order valence-corrected chi connectivity index (χ4v) is 3.14. The van der Waals surface area contributed by atoms with Crippen molar-refractivity contribution >= 4 is 10.0 Å². The molecule has 17 heavy (non-hydrogen) atoms. The fourth-order valence-electron chi connectivity index (χ4n) is 1.65. The SMILES string of the molecule is CN(C1CC1)S(=O)(=O)Cc1ccc(C#N)cc1. The first kappa shape index (κ1) is 12.1. The maximum Gasteiger partial charge on any atom is 0.218 e. The van der Waals surface area contributed by atoms with E-state index in [1.54, 1.807) is 31.3 Å². The van der Waals surface area contributed by atoms with Crippen LogP contribution in [0, 0.1) is 11.3 Å². The predicted octanol–water partition coefficient (Wildman–Crippen LogP) is 1.48. The molecular weight excluding hydrogens is 236 g/mol. The molecule has 1 aromatic carbocycles. The number of benzene rings is 1. The van der Waals surface area contributed by atoms with E-state index >= 15 is 0 Å². The molecule has 0 unspecified atom stereocenters. The largest absolute Gasteiger partial charge is 0.218 e. The Morgan fingerprint density at radius 2 is 1.94 bits per heavy atom. The zero-order valence-corrected chi connectivity index (χ0v) is 10.4. The minimum atomic E-state index is -3.22. The third-order valence-corrected chi connectivity index (χ3v) is 4.81. The minimum absolute atomic E-state index is 0.00566. The summed E-state index contributed by atoms with van der Waals surface area (Å²) in [6, 6.07) is 8.87. The second kappa shape index (κ2) is 4.47. The third-order valence-electron chi connectivity index (χ3n) is 2.93. The van der Waals surface area contributed by atoms with Gasteiger partial charge in [0, 0.05) is 13.1 Å². The molecule has 0 N–H and O–H groups in total. The van der Waals surface area contributed by atoms with Gasteiger partial charge in [-0.15, -0.1) is 0 Å². The molecule has 5 heteroatoms. The van der Waals surface area contributed by atoms with Gasteiger partial charge >= 0.3 is 0 Å². The molecule has 0 aliphatic heterocycles. The molecule has 4 nitrogen and oxygen atoms in total. The molecule has 0 heterocycles. The van der Waals surface area contributed by atoms with Crippen LogP contribution in [0.15, 0.2) is 24.3 Å². The zero-order chi connectivity index (χ0) is 12.5. The maximum absolute atomic E-state index is 12.0. The number of nitrogens with zero attached hydrogens (tertiary/aromatic N) is 2. The van der Waals surface area contributed by atoms with Gasteiger partial charge in [0.1, 0.15) is 0 Å². The van der Waals surface area contributed by atoms with E-state index in [-0.39, 0.29) is 11.8 Å². The van der Waals surface area contributed by atoms with Gasteiger partial charge in [-0.05, 0) is 30.5 Å². The molecule has 0 amide bonds. The monoisotopic (exact) mass is 250 g/mol. The molecule has 0 saturated heterocycles. The zero-order valence-electron chi connectivity index (χ0n) is 9.63. The summed E-state index contributed by atoms with van der Waals surface area (Å²) in [7, 11) is -1.58. The van der Waals surface area contributed by atoms with Crippen molar-refractivity contribution in [2.24, 2.45) is 0 Å². The summed E-state index contributed by atoms with van der Waals surface area (Å²) in [6.07, 6.45) is 1.92. The lowest BCUT2D eigenvalue weighted by Gasteiger charge is -2.16. The third kappa shape index (κ3) is 2.84. The van der Waals surface area contributed by atoms with E-state index < -0.39 is 10.0 Å². The lowest BCUT2D eigenvalue weighted by molar-refractivity contribution is 0.463. The number of nitriles is 1. The standard InChI is InChI=1S/C12H14N2O2S/c1-14(12-6-7-12)17(15,16)9-11-4-2-10(8-13)3-5-11/h2-5,12H,6-7,9H2,1H3. The number of hydrogen-bond acceptors (Lipinski definition) is 3. The van der Waals surface area contributed by atoms with Crippen LogP contribution in [0.5, 0.6) is 0 Å². The van der Waals surface area contributed by atoms with Crippen molar-refractivity contribution in [1.82, 2.24) is 4.31 Å². The van der Waals surface area contributed by atoms with Crippen LogP contribution in [0.1, 0.15) is 24.0 Å². The smallest absolute Gasteiger partial charge is 0.212 e. The average Bonchev–Trinajstić information content (AvgIpc) is 3.12. The molecule has 1 aliphatic carbocycles. The first-order chi connectivity index (χ1) is 8.03. The first-order valence-corrected chi connectivity index (χ1v) is 7.08. The highest BCUT2D eigenvalue weighted by atomic mass is 32.2. The highest BCUT2D eigenvalue weighted by Gasteiger charge is 2.33. The van der Waals surface area contributed by atoms with E-state index in [2.05, 4.69) is 0 Å². The summed E-state index contributed by atoms with van der Waals surface area (Å²) < 4.78 is 25.5. The second-order valence-corrected chi connectivity index (χ2v) is 6.34. The van der Waals surface area contributed by atoms with Gasteiger partial charge in [-0.25, -0.2) is 12.7 Å². The molecule has 0 radical (unpaired) electrons. The summed E-state index contributed by atoms with van der Waals surface area (Å²) in [6.45, 7) is 0. The van der Waals surface area contributed by atoms with E-state index in [0.29, 0.717) is 5.56 Å². The van der Waals surface area contributed by atoms with Crippen LogP contribution >= 0.6 is 0 Å². The summed E-state index contributed by atoms with van der Waals surface area (Å²) in [5.74, 6) is 0.00566. The van der Waals surface area contributed by atoms with Crippen molar-refractivity contribution in [3.05, 3.63) is 35.4 Å². The lowest BCUT2D eigenvalue weighted by atomic mass is 10.2. The van der Waals surface area contributed by atoms with Crippen molar-refractivity contribution in [3.8, 4) is 6.07 Å². The van der Waals surface area contributed by atoms with Gasteiger partial charge in [0.2, 0.25) is 10.0 Å². The molecule has 0 atom stereocenters. The Labute approximate surface area is 102 Å². The molecule has 1 saturated carbocycles. The van der Waals surface area contributed by atoms with E-state index in [0.717, 1.165) is 18.4 Å². The molecule has 0 spiro atoms. The summed E-state index contributed by atoms with van der Waals surface area (Å²) in [5.41, 5.74) is 1.26. The molecule has 0 bridgehead atoms. The Hall–Kier alpha value is -1.38. The molecule has 1 aromatic rings.